The summed E-state index contributed by atoms with van der Waals surface area (Å²) in [6, 6.07) is 12.4. The molecule has 2 aliphatic rings. The lowest BCUT2D eigenvalue weighted by atomic mass is 9.98. The van der Waals surface area contributed by atoms with Crippen LogP contribution >= 0.6 is 11.8 Å². The lowest BCUT2D eigenvalue weighted by Crippen LogP contribution is -2.49. The Morgan fingerprint density at radius 2 is 1.88 bits per heavy atom. The fourth-order valence-electron chi connectivity index (χ4n) is 4.05. The van der Waals surface area contributed by atoms with Crippen molar-refractivity contribution in [1.29, 1.82) is 0 Å². The molecule has 1 aromatic carbocycles. The first-order valence-corrected chi connectivity index (χ1v) is 10.0. The normalized spacial score (nSPS) is 25.0. The van der Waals surface area contributed by atoms with E-state index in [1.54, 1.807) is 24.2 Å². The number of pyridine rings is 1. The number of ether oxygens (including phenoxy) is 1. The van der Waals surface area contributed by atoms with Crippen molar-refractivity contribution in [2.75, 3.05) is 6.26 Å². The van der Waals surface area contributed by atoms with E-state index in [1.165, 1.54) is 4.90 Å². The van der Waals surface area contributed by atoms with Crippen LogP contribution in [0.5, 0.6) is 5.75 Å². The number of thioether (sulfide) groups is 1. The van der Waals surface area contributed by atoms with Crippen LogP contribution in [0, 0.1) is 0 Å². The van der Waals surface area contributed by atoms with Crippen LogP contribution in [0.15, 0.2) is 53.7 Å². The number of fused-ring (bicyclic) bond motifs is 2. The summed E-state index contributed by atoms with van der Waals surface area (Å²) >= 11 is 1.69. The Hall–Kier alpha value is -2.01. The summed E-state index contributed by atoms with van der Waals surface area (Å²) in [6.07, 6.45) is 9.68. The molecule has 2 saturated heterocycles. The van der Waals surface area contributed by atoms with E-state index < -0.39 is 0 Å². The van der Waals surface area contributed by atoms with Gasteiger partial charge in [0.2, 0.25) is 0 Å². The van der Waals surface area contributed by atoms with Gasteiger partial charge in [0.05, 0.1) is 6.20 Å². The predicted octanol–water partition coefficient (Wildman–Crippen LogP) is 4.02. The van der Waals surface area contributed by atoms with E-state index >= 15 is 0 Å². The second-order valence-corrected chi connectivity index (χ2v) is 7.61. The Morgan fingerprint density at radius 3 is 2.48 bits per heavy atom. The number of amides is 1. The first-order valence-electron chi connectivity index (χ1n) is 8.78. The zero-order valence-corrected chi connectivity index (χ0v) is 15.1. The standard InChI is InChI=1S/C20H22N2O2S/c1-25-19-8-4-14(5-9-19)20(23)22-15-6-7-16(22)12-18(11-15)24-17-3-2-10-21-13-17/h2-5,8-10,13,15-16,18H,6-7,11-12H2,1H3. The first kappa shape index (κ1) is 16.5. The molecule has 2 fully saturated rings. The van der Waals surface area contributed by atoms with Crippen molar-refractivity contribution in [2.45, 2.75) is 48.8 Å². The van der Waals surface area contributed by atoms with Crippen molar-refractivity contribution in [1.82, 2.24) is 9.88 Å². The van der Waals surface area contributed by atoms with Gasteiger partial charge in [0.1, 0.15) is 11.9 Å². The summed E-state index contributed by atoms with van der Waals surface area (Å²) < 4.78 is 6.10. The highest BCUT2D eigenvalue weighted by molar-refractivity contribution is 7.98. The highest BCUT2D eigenvalue weighted by Crippen LogP contribution is 2.38. The number of carbonyl (C=O) groups is 1. The number of aromatic nitrogens is 1. The van der Waals surface area contributed by atoms with E-state index in [4.69, 9.17) is 4.74 Å². The maximum Gasteiger partial charge on any atom is 0.254 e. The molecule has 2 aromatic rings. The van der Waals surface area contributed by atoms with Crippen molar-refractivity contribution in [3.8, 4) is 5.75 Å². The van der Waals surface area contributed by atoms with Crippen molar-refractivity contribution in [3.05, 3.63) is 54.4 Å². The van der Waals surface area contributed by atoms with Gasteiger partial charge in [-0.1, -0.05) is 0 Å². The third-order valence-corrected chi connectivity index (χ3v) is 5.94. The minimum absolute atomic E-state index is 0.167. The van der Waals surface area contributed by atoms with Gasteiger partial charge in [0.15, 0.2) is 0 Å². The number of rotatable bonds is 4. The smallest absolute Gasteiger partial charge is 0.254 e. The molecule has 4 nitrogen and oxygen atoms in total. The van der Waals surface area contributed by atoms with Crippen LogP contribution in [0.25, 0.3) is 0 Å². The van der Waals surface area contributed by atoms with E-state index in [0.29, 0.717) is 0 Å². The molecule has 2 bridgehead atoms. The van der Waals surface area contributed by atoms with E-state index in [1.807, 2.05) is 42.7 Å². The van der Waals surface area contributed by atoms with Gasteiger partial charge in [-0.3, -0.25) is 9.78 Å². The summed E-state index contributed by atoms with van der Waals surface area (Å²) in [6.45, 7) is 0. The molecule has 5 heteroatoms. The Morgan fingerprint density at radius 1 is 1.16 bits per heavy atom. The quantitative estimate of drug-likeness (QED) is 0.778. The van der Waals surface area contributed by atoms with Gasteiger partial charge in [-0.15, -0.1) is 11.8 Å². The zero-order chi connectivity index (χ0) is 17.2. The van der Waals surface area contributed by atoms with E-state index in [-0.39, 0.29) is 24.1 Å². The molecule has 2 atom stereocenters. The minimum Gasteiger partial charge on any atom is -0.489 e. The second kappa shape index (κ2) is 7.08. The number of nitrogens with zero attached hydrogens (tertiary/aromatic N) is 2. The van der Waals surface area contributed by atoms with Crippen LogP contribution in [-0.2, 0) is 0 Å². The van der Waals surface area contributed by atoms with E-state index in [0.717, 1.165) is 37.0 Å². The Labute approximate surface area is 152 Å². The SMILES string of the molecule is CSc1ccc(C(=O)N2C3CCC2CC(Oc2cccnc2)C3)cc1. The molecule has 2 aliphatic heterocycles. The zero-order valence-electron chi connectivity index (χ0n) is 14.3. The average molecular weight is 354 g/mol. The molecule has 1 aromatic heterocycles. The van der Waals surface area contributed by atoms with E-state index in [2.05, 4.69) is 9.88 Å². The molecule has 130 valence electrons. The summed E-state index contributed by atoms with van der Waals surface area (Å²) in [5.41, 5.74) is 0.793. The molecule has 0 N–H and O–H groups in total. The molecular weight excluding hydrogens is 332 g/mol. The van der Waals surface area contributed by atoms with Gasteiger partial charge in [0.25, 0.3) is 5.91 Å². The molecule has 2 unspecified atom stereocenters. The van der Waals surface area contributed by atoms with Gasteiger partial charge >= 0.3 is 0 Å². The molecule has 0 radical (unpaired) electrons. The van der Waals surface area contributed by atoms with Gasteiger partial charge in [0, 0.05) is 41.6 Å². The number of hydrogen-bond acceptors (Lipinski definition) is 4. The topological polar surface area (TPSA) is 42.4 Å². The van der Waals surface area contributed by atoms with E-state index in [9.17, 15) is 4.79 Å². The summed E-state index contributed by atoms with van der Waals surface area (Å²) in [5, 5.41) is 0. The second-order valence-electron chi connectivity index (χ2n) is 6.73. The fraction of sp³-hybridized carbons (Fsp3) is 0.400. The lowest BCUT2D eigenvalue weighted by Gasteiger charge is -2.39. The summed E-state index contributed by atoms with van der Waals surface area (Å²) in [7, 11) is 0. The Balaban J connectivity index is 1.45. The summed E-state index contributed by atoms with van der Waals surface area (Å²) in [4.78, 5) is 20.4. The van der Waals surface area contributed by atoms with Crippen LogP contribution in [-0.4, -0.2) is 40.2 Å². The Kier molecular flexibility index (Phi) is 4.66. The maximum absolute atomic E-state index is 13.0. The average Bonchev–Trinajstić information content (AvgIpc) is 2.92. The third kappa shape index (κ3) is 3.38. The highest BCUT2D eigenvalue weighted by atomic mass is 32.2. The van der Waals surface area contributed by atoms with Gasteiger partial charge in [-0.25, -0.2) is 0 Å². The molecule has 0 aliphatic carbocycles. The first-order chi connectivity index (χ1) is 12.2. The van der Waals surface area contributed by atoms with Crippen LogP contribution < -0.4 is 4.74 Å². The van der Waals surface area contributed by atoms with Crippen molar-refractivity contribution >= 4 is 17.7 Å². The fourth-order valence-corrected chi connectivity index (χ4v) is 4.46. The highest BCUT2D eigenvalue weighted by Gasteiger charge is 2.44. The molecule has 0 spiro atoms. The molecule has 1 amide bonds. The largest absolute Gasteiger partial charge is 0.489 e. The van der Waals surface area contributed by atoms with Crippen LogP contribution in [0.4, 0.5) is 0 Å². The van der Waals surface area contributed by atoms with Gasteiger partial charge in [-0.05, 0) is 55.5 Å². The maximum atomic E-state index is 13.0. The predicted molar refractivity (Wildman–Crippen MR) is 99.1 cm³/mol. The number of hydrogen-bond donors (Lipinski definition) is 0. The molecule has 0 saturated carbocycles. The van der Waals surface area contributed by atoms with Gasteiger partial charge in [-0.2, -0.15) is 0 Å². The van der Waals surface area contributed by atoms with Gasteiger partial charge < -0.3 is 9.64 Å². The van der Waals surface area contributed by atoms with Crippen molar-refractivity contribution in [3.63, 3.8) is 0 Å². The van der Waals surface area contributed by atoms with Crippen LogP contribution in [0.3, 0.4) is 0 Å². The number of benzene rings is 1. The third-order valence-electron chi connectivity index (χ3n) is 5.20. The number of carbonyl (C=O) groups excluding carboxylic acids is 1. The monoisotopic (exact) mass is 354 g/mol. The minimum atomic E-state index is 0.167. The van der Waals surface area contributed by atoms with Crippen LogP contribution in [0.1, 0.15) is 36.0 Å². The lowest BCUT2D eigenvalue weighted by molar-refractivity contribution is 0.0358. The molecule has 3 heterocycles. The van der Waals surface area contributed by atoms with Crippen molar-refractivity contribution < 1.29 is 9.53 Å². The summed E-state index contributed by atoms with van der Waals surface area (Å²) in [5.74, 6) is 0.985. The molecule has 4 rings (SSSR count). The van der Waals surface area contributed by atoms with Crippen molar-refractivity contribution in [2.24, 2.45) is 0 Å². The molecule has 25 heavy (non-hydrogen) atoms. The Bertz CT molecular complexity index is 721. The molecular formula is C20H22N2O2S. The number of piperidine rings is 1. The van der Waals surface area contributed by atoms with Crippen LogP contribution in [0.2, 0.25) is 0 Å².